The van der Waals surface area contributed by atoms with Crippen molar-refractivity contribution in [3.63, 3.8) is 0 Å². The van der Waals surface area contributed by atoms with Crippen LogP contribution >= 0.6 is 0 Å². The van der Waals surface area contributed by atoms with E-state index >= 15 is 0 Å². The Labute approximate surface area is 194 Å². The van der Waals surface area contributed by atoms with E-state index in [-0.39, 0.29) is 36.6 Å². The maximum atomic E-state index is 13.6. The van der Waals surface area contributed by atoms with Crippen LogP contribution in [0.5, 0.6) is 5.75 Å². The van der Waals surface area contributed by atoms with E-state index in [1.54, 1.807) is 18.2 Å². The predicted octanol–water partition coefficient (Wildman–Crippen LogP) is 2.54. The number of phenolic OH excluding ortho intramolecular Hbond substituents is 1. The molecular weight excluding hydrogens is 444 g/mol. The van der Waals surface area contributed by atoms with Crippen molar-refractivity contribution in [1.82, 2.24) is 0 Å². The van der Waals surface area contributed by atoms with Crippen LogP contribution in [0.3, 0.4) is 0 Å². The van der Waals surface area contributed by atoms with Crippen LogP contribution < -0.4 is 4.90 Å². The Bertz CT molecular complexity index is 1170. The topological polar surface area (TPSA) is 139 Å². The van der Waals surface area contributed by atoms with Gasteiger partial charge in [0.1, 0.15) is 5.75 Å². The number of methoxy groups -OCH3 is 1. The van der Waals surface area contributed by atoms with Gasteiger partial charge in [0.2, 0.25) is 11.8 Å². The number of hydrogen-bond acceptors (Lipinski definition) is 8. The number of rotatable bonds is 5. The fraction of sp³-hybridized carbons (Fsp3) is 0.417. The second kappa shape index (κ2) is 8.15. The second-order valence-electron chi connectivity index (χ2n) is 9.07. The van der Waals surface area contributed by atoms with Gasteiger partial charge in [0, 0.05) is 36.6 Å². The summed E-state index contributed by atoms with van der Waals surface area (Å²) in [5, 5.41) is 33.2. The Hall–Kier alpha value is -3.34. The van der Waals surface area contributed by atoms with Crippen molar-refractivity contribution >= 4 is 23.2 Å². The smallest absolute Gasteiger partial charge is 0.271 e. The van der Waals surface area contributed by atoms with Gasteiger partial charge < -0.3 is 19.7 Å². The molecule has 178 valence electrons. The van der Waals surface area contributed by atoms with E-state index in [4.69, 9.17) is 9.47 Å². The monoisotopic (exact) mass is 468 g/mol. The number of nitro groups is 1. The molecule has 5 rings (SSSR count). The van der Waals surface area contributed by atoms with Gasteiger partial charge in [-0.3, -0.25) is 19.7 Å². The minimum absolute atomic E-state index is 0.0154. The van der Waals surface area contributed by atoms with E-state index in [2.05, 4.69) is 0 Å². The van der Waals surface area contributed by atoms with Crippen molar-refractivity contribution in [3.05, 3.63) is 64.2 Å². The van der Waals surface area contributed by atoms with Gasteiger partial charge in [-0.1, -0.05) is 24.3 Å². The molecule has 3 aliphatic rings. The highest BCUT2D eigenvalue weighted by Crippen LogP contribution is 2.59. The number of ether oxygens (including phenoxy) is 2. The lowest BCUT2D eigenvalue weighted by molar-refractivity contribution is -0.384. The molecule has 0 unspecified atom stereocenters. The fourth-order valence-electron chi connectivity index (χ4n) is 5.83. The van der Waals surface area contributed by atoms with Gasteiger partial charge >= 0.3 is 0 Å². The number of carbonyl (C=O) groups is 2. The Kier molecular flexibility index (Phi) is 5.38. The summed E-state index contributed by atoms with van der Waals surface area (Å²) in [4.78, 5) is 38.6. The molecule has 2 amide bonds. The van der Waals surface area contributed by atoms with Crippen LogP contribution in [0.15, 0.2) is 48.5 Å². The quantitative estimate of drug-likeness (QED) is 0.388. The first kappa shape index (κ1) is 22.5. The molecule has 2 aromatic rings. The second-order valence-corrected chi connectivity index (χ2v) is 9.07. The highest BCUT2D eigenvalue weighted by atomic mass is 16.6. The molecule has 1 saturated carbocycles. The Morgan fingerprint density at radius 3 is 2.65 bits per heavy atom. The molecule has 2 saturated heterocycles. The summed E-state index contributed by atoms with van der Waals surface area (Å²) in [6.45, 7) is 0.113. The van der Waals surface area contributed by atoms with Crippen molar-refractivity contribution in [3.8, 4) is 5.75 Å². The molecule has 0 radical (unpaired) electrons. The first-order valence-electron chi connectivity index (χ1n) is 11.1. The number of aliphatic hydroxyl groups is 1. The zero-order valence-electron chi connectivity index (χ0n) is 18.4. The average Bonchev–Trinajstić information content (AvgIpc) is 3.28. The SMILES string of the molecule is COC[C@H]1C[C@@H]2C(=O)N(c3cccc([N+](=O)[O-])c3)C(=O)[C@@H]2[C@@H]2C[C@@H](c3ccccc3O)O[C@]12O. The van der Waals surface area contributed by atoms with Crippen LogP contribution in [0, 0.1) is 33.8 Å². The van der Waals surface area contributed by atoms with Gasteiger partial charge in [0.25, 0.3) is 5.69 Å². The van der Waals surface area contributed by atoms with E-state index in [0.29, 0.717) is 5.56 Å². The molecule has 3 fully saturated rings. The molecule has 0 spiro atoms. The third-order valence-electron chi connectivity index (χ3n) is 7.31. The summed E-state index contributed by atoms with van der Waals surface area (Å²) in [5.41, 5.74) is 0.387. The Morgan fingerprint density at radius 1 is 1.18 bits per heavy atom. The molecule has 0 bridgehead atoms. The van der Waals surface area contributed by atoms with Crippen LogP contribution in [-0.4, -0.2) is 46.5 Å². The number of aromatic hydroxyl groups is 1. The van der Waals surface area contributed by atoms with Crippen LogP contribution in [-0.2, 0) is 19.1 Å². The predicted molar refractivity (Wildman–Crippen MR) is 118 cm³/mol. The maximum absolute atomic E-state index is 13.6. The number of benzene rings is 2. The van der Waals surface area contributed by atoms with Crippen LogP contribution in [0.25, 0.3) is 0 Å². The molecule has 6 atom stereocenters. The van der Waals surface area contributed by atoms with E-state index in [1.165, 1.54) is 37.4 Å². The van der Waals surface area contributed by atoms with Crippen molar-refractivity contribution in [2.24, 2.45) is 23.7 Å². The molecular formula is C24H24N2O8. The number of fused-ring (bicyclic) bond motifs is 3. The number of amides is 2. The first-order valence-corrected chi connectivity index (χ1v) is 11.1. The molecule has 1 aliphatic carbocycles. The number of para-hydroxylation sites is 1. The number of phenols is 1. The van der Waals surface area contributed by atoms with Crippen molar-refractivity contribution in [1.29, 1.82) is 0 Å². The Morgan fingerprint density at radius 2 is 1.94 bits per heavy atom. The number of imide groups is 1. The van der Waals surface area contributed by atoms with E-state index in [9.17, 15) is 29.9 Å². The van der Waals surface area contributed by atoms with E-state index in [1.807, 2.05) is 0 Å². The van der Waals surface area contributed by atoms with Crippen LogP contribution in [0.1, 0.15) is 24.5 Å². The first-order chi connectivity index (χ1) is 16.3. The molecule has 2 N–H and O–H groups in total. The minimum atomic E-state index is -1.74. The molecule has 10 nitrogen and oxygen atoms in total. The standard InChI is InChI=1S/C24H24N2O8/c1-33-12-13-9-17-21(18-11-20(34-24(13,18)30)16-7-2-3-8-19(16)27)23(29)25(22(17)28)14-5-4-6-15(10-14)26(31)32/h2-8,10,13,17-18,20-21,27,30H,9,11-12H2,1H3/t13-,17+,18+,20+,21+,24-/m1/s1. The summed E-state index contributed by atoms with van der Waals surface area (Å²) in [5.74, 6) is -5.58. The molecule has 2 aromatic carbocycles. The van der Waals surface area contributed by atoms with Crippen molar-refractivity contribution in [2.75, 3.05) is 18.6 Å². The van der Waals surface area contributed by atoms with E-state index < -0.39 is 52.3 Å². The number of anilines is 1. The summed E-state index contributed by atoms with van der Waals surface area (Å²) >= 11 is 0. The average molecular weight is 468 g/mol. The van der Waals surface area contributed by atoms with Crippen molar-refractivity contribution < 1.29 is 34.2 Å². The van der Waals surface area contributed by atoms with Crippen LogP contribution in [0.2, 0.25) is 0 Å². The fourth-order valence-corrected chi connectivity index (χ4v) is 5.83. The highest BCUT2D eigenvalue weighted by molar-refractivity contribution is 6.22. The lowest BCUT2D eigenvalue weighted by Gasteiger charge is -2.44. The van der Waals surface area contributed by atoms with Gasteiger partial charge in [-0.05, 0) is 25.0 Å². The summed E-state index contributed by atoms with van der Waals surface area (Å²) in [7, 11) is 1.48. The number of carbonyl (C=O) groups excluding carboxylic acids is 2. The largest absolute Gasteiger partial charge is 0.508 e. The lowest BCUT2D eigenvalue weighted by atomic mass is 9.64. The summed E-state index contributed by atoms with van der Waals surface area (Å²) < 4.78 is 11.4. The minimum Gasteiger partial charge on any atom is -0.508 e. The van der Waals surface area contributed by atoms with Crippen molar-refractivity contribution in [2.45, 2.75) is 24.7 Å². The molecule has 2 heterocycles. The number of hydrogen-bond donors (Lipinski definition) is 2. The zero-order valence-corrected chi connectivity index (χ0v) is 18.4. The molecule has 2 aliphatic heterocycles. The Balaban J connectivity index is 1.54. The zero-order chi connectivity index (χ0) is 24.2. The lowest BCUT2D eigenvalue weighted by Crippen LogP contribution is -2.54. The highest BCUT2D eigenvalue weighted by Gasteiger charge is 2.67. The summed E-state index contributed by atoms with van der Waals surface area (Å²) in [6, 6.07) is 12.0. The summed E-state index contributed by atoms with van der Waals surface area (Å²) in [6.07, 6.45) is -0.296. The van der Waals surface area contributed by atoms with E-state index in [0.717, 1.165) is 4.90 Å². The molecule has 0 aromatic heterocycles. The third-order valence-corrected chi connectivity index (χ3v) is 7.31. The molecule has 34 heavy (non-hydrogen) atoms. The normalized spacial score (nSPS) is 32.5. The van der Waals surface area contributed by atoms with Gasteiger partial charge in [0.05, 0.1) is 35.2 Å². The third kappa shape index (κ3) is 3.29. The van der Waals surface area contributed by atoms with Gasteiger partial charge in [-0.2, -0.15) is 0 Å². The van der Waals surface area contributed by atoms with Crippen LogP contribution in [0.4, 0.5) is 11.4 Å². The molecule has 10 heteroatoms. The number of nitro benzene ring substituents is 1. The van der Waals surface area contributed by atoms with Gasteiger partial charge in [-0.15, -0.1) is 0 Å². The number of nitrogens with zero attached hydrogens (tertiary/aromatic N) is 2. The maximum Gasteiger partial charge on any atom is 0.271 e. The number of non-ortho nitro benzene ring substituents is 1. The van der Waals surface area contributed by atoms with Gasteiger partial charge in [-0.25, -0.2) is 4.90 Å². The van der Waals surface area contributed by atoms with Gasteiger partial charge in [0.15, 0.2) is 5.79 Å².